The van der Waals surface area contributed by atoms with Crippen molar-refractivity contribution in [1.82, 2.24) is 4.72 Å². The molecule has 0 radical (unpaired) electrons. The molecule has 1 fully saturated rings. The Hall–Kier alpha value is -0.850. The van der Waals surface area contributed by atoms with Gasteiger partial charge >= 0.3 is 0 Å². The third kappa shape index (κ3) is 4.83. The Labute approximate surface area is 136 Å². The highest BCUT2D eigenvalue weighted by Crippen LogP contribution is 2.27. The van der Waals surface area contributed by atoms with Gasteiger partial charge in [-0.05, 0) is 31.9 Å². The summed E-state index contributed by atoms with van der Waals surface area (Å²) in [6, 6.07) is 4.12. The summed E-state index contributed by atoms with van der Waals surface area (Å²) in [4.78, 5) is 0. The Morgan fingerprint density at radius 1 is 1.36 bits per heavy atom. The molecule has 7 heteroatoms. The van der Waals surface area contributed by atoms with E-state index in [2.05, 4.69) is 4.72 Å². The van der Waals surface area contributed by atoms with Gasteiger partial charge in [0.1, 0.15) is 11.6 Å². The molecule has 1 saturated carbocycles. The summed E-state index contributed by atoms with van der Waals surface area (Å²) in [7, 11) is -3.22. The summed E-state index contributed by atoms with van der Waals surface area (Å²) < 4.78 is 45.1. The van der Waals surface area contributed by atoms with Crippen LogP contribution in [0, 0.1) is 11.7 Å². The average molecular weight is 350 g/mol. The van der Waals surface area contributed by atoms with Crippen LogP contribution in [0.5, 0.6) is 5.75 Å². The Morgan fingerprint density at radius 2 is 2.09 bits per heavy atom. The Kier molecular flexibility index (Phi) is 6.06. The smallest absolute Gasteiger partial charge is 0.211 e. The minimum absolute atomic E-state index is 0.0179. The van der Waals surface area contributed by atoms with Crippen molar-refractivity contribution in [2.75, 3.05) is 12.4 Å². The molecule has 0 heterocycles. The zero-order chi connectivity index (χ0) is 16.2. The van der Waals surface area contributed by atoms with Gasteiger partial charge in [0.25, 0.3) is 0 Å². The van der Waals surface area contributed by atoms with Crippen LogP contribution in [0.1, 0.15) is 32.6 Å². The second-order valence-corrected chi connectivity index (χ2v) is 8.01. The number of rotatable bonds is 6. The van der Waals surface area contributed by atoms with E-state index in [0.29, 0.717) is 12.4 Å². The molecule has 22 heavy (non-hydrogen) atoms. The fraction of sp³-hybridized carbons (Fsp3) is 0.600. The van der Waals surface area contributed by atoms with Crippen LogP contribution in [0.3, 0.4) is 0 Å². The van der Waals surface area contributed by atoms with E-state index in [4.69, 9.17) is 16.3 Å². The maximum Gasteiger partial charge on any atom is 0.211 e. The summed E-state index contributed by atoms with van der Waals surface area (Å²) in [5, 5.41) is 0.0179. The number of sulfonamides is 1. The summed E-state index contributed by atoms with van der Waals surface area (Å²) >= 11 is 5.72. The van der Waals surface area contributed by atoms with E-state index in [0.717, 1.165) is 25.7 Å². The van der Waals surface area contributed by atoms with Crippen LogP contribution in [-0.4, -0.2) is 26.8 Å². The van der Waals surface area contributed by atoms with Gasteiger partial charge in [0.2, 0.25) is 10.0 Å². The summed E-state index contributed by atoms with van der Waals surface area (Å²) in [6.45, 7) is 2.01. The SMILES string of the molecule is CCS(=O)(=O)NC1CCCCC1COc1ccc(F)c(Cl)c1. The van der Waals surface area contributed by atoms with Crippen LogP contribution in [0.4, 0.5) is 4.39 Å². The minimum Gasteiger partial charge on any atom is -0.493 e. The first-order chi connectivity index (χ1) is 10.4. The van der Waals surface area contributed by atoms with Gasteiger partial charge in [-0.2, -0.15) is 0 Å². The molecular formula is C15H21ClFNO3S. The molecule has 1 N–H and O–H groups in total. The van der Waals surface area contributed by atoms with E-state index >= 15 is 0 Å². The van der Waals surface area contributed by atoms with Crippen molar-refractivity contribution < 1.29 is 17.5 Å². The monoisotopic (exact) mass is 349 g/mol. The lowest BCUT2D eigenvalue weighted by Gasteiger charge is -2.31. The number of hydrogen-bond acceptors (Lipinski definition) is 3. The van der Waals surface area contributed by atoms with Crippen LogP contribution in [0.2, 0.25) is 5.02 Å². The van der Waals surface area contributed by atoms with Gasteiger partial charge in [-0.3, -0.25) is 0 Å². The molecule has 4 nitrogen and oxygen atoms in total. The maximum atomic E-state index is 13.1. The molecule has 1 aromatic carbocycles. The molecule has 2 rings (SSSR count). The molecule has 0 aliphatic heterocycles. The highest BCUT2D eigenvalue weighted by Gasteiger charge is 2.28. The van der Waals surface area contributed by atoms with Gasteiger partial charge in [-0.25, -0.2) is 17.5 Å². The molecule has 0 saturated heterocycles. The first kappa shape index (κ1) is 17.5. The third-order valence-electron chi connectivity index (χ3n) is 3.98. The summed E-state index contributed by atoms with van der Waals surface area (Å²) in [5.74, 6) is 0.193. The van der Waals surface area contributed by atoms with Crippen molar-refractivity contribution in [3.05, 3.63) is 29.0 Å². The Balaban J connectivity index is 1.97. The van der Waals surface area contributed by atoms with E-state index in [-0.39, 0.29) is 22.7 Å². The van der Waals surface area contributed by atoms with E-state index < -0.39 is 15.8 Å². The zero-order valence-electron chi connectivity index (χ0n) is 12.5. The van der Waals surface area contributed by atoms with Gasteiger partial charge in [-0.15, -0.1) is 0 Å². The van der Waals surface area contributed by atoms with Crippen LogP contribution in [0.25, 0.3) is 0 Å². The maximum absolute atomic E-state index is 13.1. The molecule has 0 amide bonds. The zero-order valence-corrected chi connectivity index (χ0v) is 14.1. The van der Waals surface area contributed by atoms with E-state index in [9.17, 15) is 12.8 Å². The lowest BCUT2D eigenvalue weighted by atomic mass is 9.86. The van der Waals surface area contributed by atoms with Crippen molar-refractivity contribution in [2.24, 2.45) is 5.92 Å². The Morgan fingerprint density at radius 3 is 2.77 bits per heavy atom. The standard InChI is InChI=1S/C15H21ClFNO3S/c1-2-22(19,20)18-15-6-4-3-5-11(15)10-21-12-7-8-14(17)13(16)9-12/h7-9,11,15,18H,2-6,10H2,1H3. The second-order valence-electron chi connectivity index (χ2n) is 5.56. The van der Waals surface area contributed by atoms with Crippen molar-refractivity contribution in [1.29, 1.82) is 0 Å². The molecule has 2 unspecified atom stereocenters. The normalized spacial score (nSPS) is 22.5. The van der Waals surface area contributed by atoms with Crippen LogP contribution < -0.4 is 9.46 Å². The lowest BCUT2D eigenvalue weighted by Crippen LogP contribution is -2.44. The number of ether oxygens (including phenoxy) is 1. The number of nitrogens with one attached hydrogen (secondary N) is 1. The van der Waals surface area contributed by atoms with Crippen LogP contribution >= 0.6 is 11.6 Å². The fourth-order valence-electron chi connectivity index (χ4n) is 2.65. The van der Waals surface area contributed by atoms with Crippen LogP contribution in [-0.2, 0) is 10.0 Å². The number of halogens is 2. The fourth-order valence-corrected chi connectivity index (χ4v) is 3.75. The van der Waals surface area contributed by atoms with Crippen molar-refractivity contribution >= 4 is 21.6 Å². The second kappa shape index (κ2) is 7.62. The van der Waals surface area contributed by atoms with Gasteiger partial charge < -0.3 is 4.74 Å². The highest BCUT2D eigenvalue weighted by atomic mass is 35.5. The molecule has 0 spiro atoms. The number of benzene rings is 1. The van der Waals surface area contributed by atoms with E-state index in [1.54, 1.807) is 6.92 Å². The van der Waals surface area contributed by atoms with Gasteiger partial charge in [0, 0.05) is 18.0 Å². The predicted molar refractivity (Wildman–Crippen MR) is 85.2 cm³/mol. The van der Waals surface area contributed by atoms with Crippen molar-refractivity contribution in [3.63, 3.8) is 0 Å². The lowest BCUT2D eigenvalue weighted by molar-refractivity contribution is 0.180. The molecule has 0 aromatic heterocycles. The predicted octanol–water partition coefficient (Wildman–Crippen LogP) is 3.36. The van der Waals surface area contributed by atoms with E-state index in [1.165, 1.54) is 18.2 Å². The summed E-state index contributed by atoms with van der Waals surface area (Å²) in [5.41, 5.74) is 0. The quantitative estimate of drug-likeness (QED) is 0.856. The minimum atomic E-state index is -3.22. The topological polar surface area (TPSA) is 55.4 Å². The molecular weight excluding hydrogens is 329 g/mol. The average Bonchev–Trinajstić information content (AvgIpc) is 2.49. The molecule has 1 aliphatic carbocycles. The van der Waals surface area contributed by atoms with Crippen LogP contribution in [0.15, 0.2) is 18.2 Å². The molecule has 124 valence electrons. The first-order valence-electron chi connectivity index (χ1n) is 7.49. The highest BCUT2D eigenvalue weighted by molar-refractivity contribution is 7.89. The molecule has 2 atom stereocenters. The van der Waals surface area contributed by atoms with Crippen molar-refractivity contribution in [2.45, 2.75) is 38.6 Å². The summed E-state index contributed by atoms with van der Waals surface area (Å²) in [6.07, 6.45) is 3.79. The van der Waals surface area contributed by atoms with E-state index in [1.807, 2.05) is 0 Å². The molecule has 1 aliphatic rings. The molecule has 1 aromatic rings. The number of hydrogen-bond donors (Lipinski definition) is 1. The van der Waals surface area contributed by atoms with Crippen molar-refractivity contribution in [3.8, 4) is 5.75 Å². The van der Waals surface area contributed by atoms with Gasteiger partial charge in [-0.1, -0.05) is 24.4 Å². The molecule has 0 bridgehead atoms. The van der Waals surface area contributed by atoms with Gasteiger partial charge in [0.05, 0.1) is 17.4 Å². The third-order valence-corrected chi connectivity index (χ3v) is 5.69. The largest absolute Gasteiger partial charge is 0.493 e. The van der Waals surface area contributed by atoms with Gasteiger partial charge in [0.15, 0.2) is 0 Å². The Bertz CT molecular complexity index is 609. The first-order valence-corrected chi connectivity index (χ1v) is 9.52.